The lowest BCUT2D eigenvalue weighted by atomic mass is 10.0. The maximum Gasteiger partial charge on any atom is 0.123 e. The van der Waals surface area contributed by atoms with Gasteiger partial charge in [0.2, 0.25) is 0 Å². The molecule has 2 aromatic rings. The number of anilines is 1. The molecular formula is C11H10FN. The lowest BCUT2D eigenvalue weighted by Crippen LogP contribution is -1.90. The number of fused-ring (bicyclic) bond motifs is 1. The zero-order chi connectivity index (χ0) is 9.42. The largest absolute Gasteiger partial charge is 0.398 e. The molecule has 0 saturated heterocycles. The Balaban J connectivity index is 2.89. The van der Waals surface area contributed by atoms with Gasteiger partial charge in [0, 0.05) is 5.69 Å². The van der Waals surface area contributed by atoms with E-state index in [1.165, 1.54) is 12.1 Å². The molecule has 0 aliphatic rings. The Hall–Kier alpha value is -1.57. The highest BCUT2D eigenvalue weighted by molar-refractivity contribution is 5.89. The molecule has 0 atom stereocenters. The standard InChI is InChI=1S/C11H10FN/c1-7-10-6-9(12)4-2-8(10)3-5-11(7)13/h2-6H,13H2,1H3. The maximum absolute atomic E-state index is 12.9. The molecule has 0 fully saturated rings. The van der Waals surface area contributed by atoms with Gasteiger partial charge in [0.05, 0.1) is 0 Å². The second-order valence-electron chi connectivity index (χ2n) is 3.15. The Morgan fingerprint density at radius 3 is 2.62 bits per heavy atom. The smallest absolute Gasteiger partial charge is 0.123 e. The molecule has 13 heavy (non-hydrogen) atoms. The lowest BCUT2D eigenvalue weighted by Gasteiger charge is -2.04. The molecule has 2 heteroatoms. The van der Waals surface area contributed by atoms with Crippen molar-refractivity contribution in [2.75, 3.05) is 5.73 Å². The van der Waals surface area contributed by atoms with E-state index in [9.17, 15) is 4.39 Å². The first kappa shape index (κ1) is 8.05. The Kier molecular flexibility index (Phi) is 1.69. The maximum atomic E-state index is 12.9. The van der Waals surface area contributed by atoms with Crippen LogP contribution in [0.5, 0.6) is 0 Å². The molecule has 0 unspecified atom stereocenters. The van der Waals surface area contributed by atoms with Crippen molar-refractivity contribution in [3.63, 3.8) is 0 Å². The number of hydrogen-bond donors (Lipinski definition) is 1. The molecule has 0 radical (unpaired) electrons. The summed E-state index contributed by atoms with van der Waals surface area (Å²) in [5, 5.41) is 1.91. The number of benzene rings is 2. The van der Waals surface area contributed by atoms with Crippen LogP contribution in [0.2, 0.25) is 0 Å². The topological polar surface area (TPSA) is 26.0 Å². The molecule has 2 N–H and O–H groups in total. The third-order valence-corrected chi connectivity index (χ3v) is 2.29. The molecule has 0 amide bonds. The van der Waals surface area contributed by atoms with Crippen LogP contribution < -0.4 is 5.73 Å². The monoisotopic (exact) mass is 175 g/mol. The van der Waals surface area contributed by atoms with Gasteiger partial charge in [-0.2, -0.15) is 0 Å². The molecule has 0 spiro atoms. The van der Waals surface area contributed by atoms with Gasteiger partial charge in [0.1, 0.15) is 5.82 Å². The van der Waals surface area contributed by atoms with Gasteiger partial charge in [-0.1, -0.05) is 12.1 Å². The van der Waals surface area contributed by atoms with Crippen molar-refractivity contribution in [2.24, 2.45) is 0 Å². The summed E-state index contributed by atoms with van der Waals surface area (Å²) in [5.74, 6) is -0.221. The Bertz CT molecular complexity index is 458. The van der Waals surface area contributed by atoms with Crippen LogP contribution >= 0.6 is 0 Å². The van der Waals surface area contributed by atoms with E-state index in [0.29, 0.717) is 5.69 Å². The molecule has 0 aliphatic heterocycles. The quantitative estimate of drug-likeness (QED) is 0.612. The Labute approximate surface area is 76.0 Å². The minimum Gasteiger partial charge on any atom is -0.398 e. The summed E-state index contributed by atoms with van der Waals surface area (Å²) >= 11 is 0. The average Bonchev–Trinajstić information content (AvgIpc) is 2.12. The summed E-state index contributed by atoms with van der Waals surface area (Å²) in [5.41, 5.74) is 7.36. The number of aryl methyl sites for hydroxylation is 1. The van der Waals surface area contributed by atoms with Crippen LogP contribution in [-0.4, -0.2) is 0 Å². The van der Waals surface area contributed by atoms with Gasteiger partial charge in [0.15, 0.2) is 0 Å². The summed E-state index contributed by atoms with van der Waals surface area (Å²) in [7, 11) is 0. The first-order chi connectivity index (χ1) is 6.18. The van der Waals surface area contributed by atoms with Crippen LogP contribution in [0.25, 0.3) is 10.8 Å². The highest BCUT2D eigenvalue weighted by atomic mass is 19.1. The summed E-state index contributed by atoms with van der Waals surface area (Å²) < 4.78 is 12.9. The van der Waals surface area contributed by atoms with E-state index in [1.807, 2.05) is 19.1 Å². The number of halogens is 1. The number of hydrogen-bond acceptors (Lipinski definition) is 1. The molecular weight excluding hydrogens is 165 g/mol. The van der Waals surface area contributed by atoms with E-state index < -0.39 is 0 Å². The Morgan fingerprint density at radius 2 is 1.85 bits per heavy atom. The van der Waals surface area contributed by atoms with Crippen molar-refractivity contribution in [1.82, 2.24) is 0 Å². The minimum absolute atomic E-state index is 0.221. The second kappa shape index (κ2) is 2.73. The van der Waals surface area contributed by atoms with Crippen LogP contribution in [0.3, 0.4) is 0 Å². The van der Waals surface area contributed by atoms with Crippen LogP contribution in [-0.2, 0) is 0 Å². The number of rotatable bonds is 0. The molecule has 0 aromatic heterocycles. The van der Waals surface area contributed by atoms with E-state index in [1.54, 1.807) is 6.07 Å². The van der Waals surface area contributed by atoms with Crippen LogP contribution in [0, 0.1) is 12.7 Å². The molecule has 0 aliphatic carbocycles. The summed E-state index contributed by atoms with van der Waals surface area (Å²) in [6, 6.07) is 8.47. The third kappa shape index (κ3) is 1.24. The molecule has 2 rings (SSSR count). The van der Waals surface area contributed by atoms with Crippen molar-refractivity contribution >= 4 is 16.5 Å². The predicted octanol–water partition coefficient (Wildman–Crippen LogP) is 2.87. The van der Waals surface area contributed by atoms with Gasteiger partial charge in [-0.15, -0.1) is 0 Å². The third-order valence-electron chi connectivity index (χ3n) is 2.29. The molecule has 2 aromatic carbocycles. The molecule has 66 valence electrons. The number of nitrogens with two attached hydrogens (primary N) is 1. The van der Waals surface area contributed by atoms with E-state index in [0.717, 1.165) is 16.3 Å². The second-order valence-corrected chi connectivity index (χ2v) is 3.15. The van der Waals surface area contributed by atoms with Gasteiger partial charge < -0.3 is 5.73 Å². The van der Waals surface area contributed by atoms with E-state index in [-0.39, 0.29) is 5.82 Å². The van der Waals surface area contributed by atoms with Gasteiger partial charge in [0.25, 0.3) is 0 Å². The normalized spacial score (nSPS) is 10.6. The molecule has 1 nitrogen and oxygen atoms in total. The highest BCUT2D eigenvalue weighted by Gasteiger charge is 2.01. The average molecular weight is 175 g/mol. The van der Waals surface area contributed by atoms with Crippen LogP contribution in [0.1, 0.15) is 5.56 Å². The minimum atomic E-state index is -0.221. The first-order valence-electron chi connectivity index (χ1n) is 4.13. The molecule has 0 heterocycles. The van der Waals surface area contributed by atoms with Crippen LogP contribution in [0.15, 0.2) is 30.3 Å². The molecule has 0 saturated carbocycles. The van der Waals surface area contributed by atoms with Crippen LogP contribution in [0.4, 0.5) is 10.1 Å². The van der Waals surface area contributed by atoms with E-state index >= 15 is 0 Å². The lowest BCUT2D eigenvalue weighted by molar-refractivity contribution is 0.629. The summed E-state index contributed by atoms with van der Waals surface area (Å²) in [4.78, 5) is 0. The van der Waals surface area contributed by atoms with E-state index in [4.69, 9.17) is 5.73 Å². The van der Waals surface area contributed by atoms with Gasteiger partial charge in [-0.25, -0.2) is 4.39 Å². The van der Waals surface area contributed by atoms with Crippen molar-refractivity contribution < 1.29 is 4.39 Å². The van der Waals surface area contributed by atoms with Gasteiger partial charge >= 0.3 is 0 Å². The zero-order valence-electron chi connectivity index (χ0n) is 7.34. The number of nitrogen functional groups attached to an aromatic ring is 1. The van der Waals surface area contributed by atoms with Crippen molar-refractivity contribution in [3.05, 3.63) is 41.7 Å². The van der Waals surface area contributed by atoms with E-state index in [2.05, 4.69) is 0 Å². The predicted molar refractivity (Wildman–Crippen MR) is 53.1 cm³/mol. The first-order valence-corrected chi connectivity index (χ1v) is 4.13. The Morgan fingerprint density at radius 1 is 1.15 bits per heavy atom. The fourth-order valence-corrected chi connectivity index (χ4v) is 1.46. The van der Waals surface area contributed by atoms with Gasteiger partial charge in [-0.05, 0) is 41.5 Å². The fourth-order valence-electron chi connectivity index (χ4n) is 1.46. The fraction of sp³-hybridized carbons (Fsp3) is 0.0909. The summed E-state index contributed by atoms with van der Waals surface area (Å²) in [6.07, 6.45) is 0. The molecule has 0 bridgehead atoms. The van der Waals surface area contributed by atoms with Crippen molar-refractivity contribution in [1.29, 1.82) is 0 Å². The zero-order valence-corrected chi connectivity index (χ0v) is 7.34. The highest BCUT2D eigenvalue weighted by Crippen LogP contribution is 2.23. The summed E-state index contributed by atoms with van der Waals surface area (Å²) in [6.45, 7) is 1.90. The van der Waals surface area contributed by atoms with Crippen molar-refractivity contribution in [2.45, 2.75) is 6.92 Å². The van der Waals surface area contributed by atoms with Crippen molar-refractivity contribution in [3.8, 4) is 0 Å². The SMILES string of the molecule is Cc1c(N)ccc2ccc(F)cc12. The van der Waals surface area contributed by atoms with Gasteiger partial charge in [-0.3, -0.25) is 0 Å².